The summed E-state index contributed by atoms with van der Waals surface area (Å²) >= 11 is 11.6. The van der Waals surface area contributed by atoms with Gasteiger partial charge in [-0.3, -0.25) is 4.79 Å². The number of carbonyl (C=O) groups is 1. The summed E-state index contributed by atoms with van der Waals surface area (Å²) in [5.41, 5.74) is 0.676. The lowest BCUT2D eigenvalue weighted by Gasteiger charge is -2.07. The van der Waals surface area contributed by atoms with Gasteiger partial charge >= 0.3 is 5.97 Å². The lowest BCUT2D eigenvalue weighted by molar-refractivity contribution is -0.145. The van der Waals surface area contributed by atoms with E-state index in [1.54, 1.807) is 30.3 Å². The highest BCUT2D eigenvalue weighted by Crippen LogP contribution is 2.20. The summed E-state index contributed by atoms with van der Waals surface area (Å²) < 4.78 is 37.0. The average Bonchev–Trinajstić information content (AvgIpc) is 3.16. The molecule has 0 aliphatic heterocycles. The van der Waals surface area contributed by atoms with Gasteiger partial charge in [0.05, 0.1) is 11.3 Å². The van der Waals surface area contributed by atoms with Crippen molar-refractivity contribution in [2.24, 2.45) is 0 Å². The molecule has 2 aromatic carbocycles. The third kappa shape index (κ3) is 6.01. The van der Waals surface area contributed by atoms with Crippen molar-refractivity contribution in [1.82, 2.24) is 14.9 Å². The van der Waals surface area contributed by atoms with Crippen molar-refractivity contribution in [3.63, 3.8) is 0 Å². The minimum Gasteiger partial charge on any atom is -0.456 e. The normalized spacial score (nSPS) is 11.4. The van der Waals surface area contributed by atoms with Gasteiger partial charge in [-0.05, 0) is 42.5 Å². The fourth-order valence-electron chi connectivity index (χ4n) is 2.24. The predicted molar refractivity (Wildman–Crippen MR) is 106 cm³/mol. The van der Waals surface area contributed by atoms with E-state index in [0.717, 1.165) is 0 Å². The van der Waals surface area contributed by atoms with Crippen molar-refractivity contribution in [2.75, 3.05) is 6.54 Å². The summed E-state index contributed by atoms with van der Waals surface area (Å²) in [5, 5.41) is 8.55. The Labute approximate surface area is 176 Å². The van der Waals surface area contributed by atoms with Gasteiger partial charge in [0.1, 0.15) is 0 Å². The molecular weight excluding hydrogens is 441 g/mol. The van der Waals surface area contributed by atoms with Crippen molar-refractivity contribution in [3.05, 3.63) is 64.5 Å². The molecule has 0 radical (unpaired) electrons. The van der Waals surface area contributed by atoms with Crippen molar-refractivity contribution < 1.29 is 22.4 Å². The first kappa shape index (κ1) is 21.3. The molecule has 0 saturated heterocycles. The molecule has 11 heteroatoms. The molecular formula is C18H15Cl2N3O5S. The Morgan fingerprint density at radius 2 is 1.83 bits per heavy atom. The lowest BCUT2D eigenvalue weighted by atomic mass is 10.2. The summed E-state index contributed by atoms with van der Waals surface area (Å²) in [4.78, 5) is 11.8. The minimum absolute atomic E-state index is 0.0129. The minimum atomic E-state index is -3.77. The van der Waals surface area contributed by atoms with Crippen LogP contribution in [0.5, 0.6) is 0 Å². The van der Waals surface area contributed by atoms with E-state index in [1.807, 2.05) is 0 Å². The maximum Gasteiger partial charge on any atom is 0.307 e. The molecule has 0 unspecified atom stereocenters. The van der Waals surface area contributed by atoms with E-state index in [9.17, 15) is 13.2 Å². The average molecular weight is 456 g/mol. The Morgan fingerprint density at radius 3 is 2.55 bits per heavy atom. The number of aromatic nitrogens is 2. The van der Waals surface area contributed by atoms with Crippen LogP contribution >= 0.6 is 23.2 Å². The fraction of sp³-hybridized carbons (Fsp3) is 0.167. The number of benzene rings is 2. The maximum atomic E-state index is 12.1. The molecule has 1 N–H and O–H groups in total. The van der Waals surface area contributed by atoms with E-state index in [-0.39, 0.29) is 36.2 Å². The Balaban J connectivity index is 1.46. The van der Waals surface area contributed by atoms with Crippen molar-refractivity contribution in [3.8, 4) is 11.5 Å². The monoisotopic (exact) mass is 455 g/mol. The van der Waals surface area contributed by atoms with E-state index < -0.39 is 16.0 Å². The summed E-state index contributed by atoms with van der Waals surface area (Å²) in [5.74, 6) is -0.241. The molecule has 1 aromatic heterocycles. The first-order chi connectivity index (χ1) is 13.8. The van der Waals surface area contributed by atoms with Crippen molar-refractivity contribution in [2.45, 2.75) is 17.9 Å². The van der Waals surface area contributed by atoms with Crippen LogP contribution in [-0.4, -0.2) is 31.1 Å². The van der Waals surface area contributed by atoms with Crippen LogP contribution in [0.25, 0.3) is 11.5 Å². The largest absolute Gasteiger partial charge is 0.456 e. The molecule has 29 heavy (non-hydrogen) atoms. The highest BCUT2D eigenvalue weighted by atomic mass is 35.5. The Hall–Kier alpha value is -2.46. The van der Waals surface area contributed by atoms with Crippen LogP contribution in [0, 0.1) is 0 Å². The van der Waals surface area contributed by atoms with Gasteiger partial charge in [-0.1, -0.05) is 29.3 Å². The molecule has 3 aromatic rings. The van der Waals surface area contributed by atoms with Crippen LogP contribution in [0.1, 0.15) is 12.3 Å². The van der Waals surface area contributed by atoms with Crippen LogP contribution in [-0.2, 0) is 26.2 Å². The third-order valence-corrected chi connectivity index (χ3v) is 5.59. The van der Waals surface area contributed by atoms with E-state index in [2.05, 4.69) is 14.9 Å². The molecule has 1 heterocycles. The lowest BCUT2D eigenvalue weighted by Crippen LogP contribution is -2.26. The molecule has 0 spiro atoms. The van der Waals surface area contributed by atoms with Gasteiger partial charge in [-0.25, -0.2) is 13.1 Å². The van der Waals surface area contributed by atoms with Gasteiger partial charge in [0.2, 0.25) is 15.9 Å². The SMILES string of the molecule is O=C(CCNS(=O)(=O)c1cccc(Cl)c1)OCc1nnc(-c2ccc(Cl)cc2)o1. The summed E-state index contributed by atoms with van der Waals surface area (Å²) in [7, 11) is -3.77. The van der Waals surface area contributed by atoms with E-state index >= 15 is 0 Å². The van der Waals surface area contributed by atoms with Crippen LogP contribution in [0.15, 0.2) is 57.8 Å². The first-order valence-corrected chi connectivity index (χ1v) is 10.6. The summed E-state index contributed by atoms with van der Waals surface area (Å²) in [6, 6.07) is 12.6. The highest BCUT2D eigenvalue weighted by molar-refractivity contribution is 7.89. The molecule has 0 amide bonds. The van der Waals surface area contributed by atoms with Crippen LogP contribution in [0.2, 0.25) is 10.0 Å². The van der Waals surface area contributed by atoms with Gasteiger partial charge in [0, 0.05) is 22.2 Å². The molecule has 0 atom stereocenters. The quantitative estimate of drug-likeness (QED) is 0.517. The number of esters is 1. The number of hydrogen-bond acceptors (Lipinski definition) is 7. The van der Waals surface area contributed by atoms with E-state index in [0.29, 0.717) is 15.6 Å². The molecule has 0 fully saturated rings. The van der Waals surface area contributed by atoms with Gasteiger partial charge in [-0.15, -0.1) is 10.2 Å². The van der Waals surface area contributed by atoms with E-state index in [1.165, 1.54) is 18.2 Å². The Morgan fingerprint density at radius 1 is 1.07 bits per heavy atom. The number of rotatable bonds is 8. The van der Waals surface area contributed by atoms with E-state index in [4.69, 9.17) is 32.4 Å². The summed E-state index contributed by atoms with van der Waals surface area (Å²) in [6.45, 7) is -0.353. The molecule has 0 saturated carbocycles. The molecule has 0 aliphatic rings. The number of ether oxygens (including phenoxy) is 1. The number of halogens is 2. The molecule has 3 rings (SSSR count). The van der Waals surface area contributed by atoms with Gasteiger partial charge in [0.15, 0.2) is 6.61 Å². The zero-order chi connectivity index (χ0) is 20.9. The van der Waals surface area contributed by atoms with Gasteiger partial charge in [-0.2, -0.15) is 0 Å². The van der Waals surface area contributed by atoms with Crippen LogP contribution in [0.3, 0.4) is 0 Å². The predicted octanol–water partition coefficient (Wildman–Crippen LogP) is 3.46. The molecule has 8 nitrogen and oxygen atoms in total. The number of carbonyl (C=O) groups excluding carboxylic acids is 1. The fourth-order valence-corrected chi connectivity index (χ4v) is 3.70. The van der Waals surface area contributed by atoms with Crippen molar-refractivity contribution in [1.29, 1.82) is 0 Å². The second kappa shape index (κ2) is 9.36. The standard InChI is InChI=1S/C18H15Cl2N3O5S/c19-13-6-4-12(5-7-13)18-23-22-16(28-18)11-27-17(24)8-9-21-29(25,26)15-3-1-2-14(20)10-15/h1-7,10,21H,8-9,11H2. The zero-order valence-corrected chi connectivity index (χ0v) is 17.2. The first-order valence-electron chi connectivity index (χ1n) is 8.33. The Bertz CT molecular complexity index is 1100. The zero-order valence-electron chi connectivity index (χ0n) is 14.8. The van der Waals surface area contributed by atoms with Crippen LogP contribution < -0.4 is 4.72 Å². The van der Waals surface area contributed by atoms with Crippen molar-refractivity contribution >= 4 is 39.2 Å². The number of hydrogen-bond donors (Lipinski definition) is 1. The molecule has 0 bridgehead atoms. The third-order valence-electron chi connectivity index (χ3n) is 3.64. The maximum absolute atomic E-state index is 12.1. The molecule has 0 aliphatic carbocycles. The second-order valence-corrected chi connectivity index (χ2v) is 8.41. The highest BCUT2D eigenvalue weighted by Gasteiger charge is 2.15. The Kier molecular flexibility index (Phi) is 6.86. The number of nitrogens with zero attached hydrogens (tertiary/aromatic N) is 2. The smallest absolute Gasteiger partial charge is 0.307 e. The van der Waals surface area contributed by atoms with Gasteiger partial charge < -0.3 is 9.15 Å². The van der Waals surface area contributed by atoms with Crippen LogP contribution in [0.4, 0.5) is 0 Å². The topological polar surface area (TPSA) is 111 Å². The molecule has 152 valence electrons. The summed E-state index contributed by atoms with van der Waals surface area (Å²) in [6.07, 6.45) is -0.169. The number of sulfonamides is 1. The number of nitrogens with one attached hydrogen (secondary N) is 1. The van der Waals surface area contributed by atoms with Gasteiger partial charge in [0.25, 0.3) is 5.89 Å². The second-order valence-electron chi connectivity index (χ2n) is 5.77.